The molecule has 1 saturated carbocycles. The highest BCUT2D eigenvalue weighted by atomic mass is 35.5. The van der Waals surface area contributed by atoms with Crippen LogP contribution in [0, 0.1) is 0 Å². The van der Waals surface area contributed by atoms with Gasteiger partial charge in [-0.15, -0.1) is 0 Å². The molecule has 0 atom stereocenters. The molecule has 1 fully saturated rings. The van der Waals surface area contributed by atoms with Gasteiger partial charge in [0.25, 0.3) is 0 Å². The number of halogens is 1. The highest BCUT2D eigenvalue weighted by Crippen LogP contribution is 2.40. The third-order valence-electron chi connectivity index (χ3n) is 4.54. The summed E-state index contributed by atoms with van der Waals surface area (Å²) in [7, 11) is -1.68. The number of nitrogen functional groups attached to an aromatic ring is 1. The van der Waals surface area contributed by atoms with Crippen molar-refractivity contribution in [2.24, 2.45) is 0 Å². The number of hydrogen-bond donors (Lipinski definition) is 2. The zero-order valence-electron chi connectivity index (χ0n) is 13.4. The molecule has 0 bridgehead atoms. The van der Waals surface area contributed by atoms with Crippen LogP contribution in [0.25, 0.3) is 0 Å². The van der Waals surface area contributed by atoms with Crippen molar-refractivity contribution in [3.8, 4) is 0 Å². The summed E-state index contributed by atoms with van der Waals surface area (Å²) in [6.07, 6.45) is 3.71. The van der Waals surface area contributed by atoms with Crippen molar-refractivity contribution >= 4 is 31.4 Å². The number of rotatable bonds is 4. The number of nitrogens with two attached hydrogens (primary N) is 1. The van der Waals surface area contributed by atoms with Crippen LogP contribution in [0.4, 0.5) is 11.5 Å². The molecule has 3 N–H and O–H groups in total. The minimum absolute atomic E-state index is 0.246. The maximum absolute atomic E-state index is 6.37. The summed E-state index contributed by atoms with van der Waals surface area (Å²) in [5.41, 5.74) is 6.27. The van der Waals surface area contributed by atoms with Crippen molar-refractivity contribution in [1.82, 2.24) is 9.97 Å². The van der Waals surface area contributed by atoms with E-state index in [0.717, 1.165) is 12.8 Å². The van der Waals surface area contributed by atoms with E-state index in [1.807, 2.05) is 0 Å². The van der Waals surface area contributed by atoms with E-state index in [1.54, 1.807) is 0 Å². The Balaban J connectivity index is 1.86. The monoisotopic (exact) mass is 328 g/mol. The smallest absolute Gasteiger partial charge is 0.192 e. The summed E-state index contributed by atoms with van der Waals surface area (Å²) < 4.78 is 6.37. The molecule has 1 aliphatic rings. The van der Waals surface area contributed by atoms with Gasteiger partial charge in [0.1, 0.15) is 12.0 Å². The van der Waals surface area contributed by atoms with E-state index < -0.39 is 8.32 Å². The SMILES string of the molecule is CC(C)(C)[Si](C)(C)OC1CC(Nc2ncnc(Cl)c2N)C1. The van der Waals surface area contributed by atoms with Crippen LogP contribution in [-0.4, -0.2) is 30.4 Å². The predicted octanol–water partition coefficient (Wildman–Crippen LogP) is 3.68. The van der Waals surface area contributed by atoms with Crippen molar-refractivity contribution in [3.05, 3.63) is 11.5 Å². The van der Waals surface area contributed by atoms with Gasteiger partial charge >= 0.3 is 0 Å². The molecule has 1 aliphatic carbocycles. The number of aromatic nitrogens is 2. The maximum atomic E-state index is 6.37. The summed E-state index contributed by atoms with van der Waals surface area (Å²) in [4.78, 5) is 7.99. The average Bonchev–Trinajstić information content (AvgIpc) is 2.30. The number of hydrogen-bond acceptors (Lipinski definition) is 5. The summed E-state index contributed by atoms with van der Waals surface area (Å²) >= 11 is 5.89. The first-order chi connectivity index (χ1) is 9.60. The van der Waals surface area contributed by atoms with E-state index in [9.17, 15) is 0 Å². The van der Waals surface area contributed by atoms with Gasteiger partial charge in [0.2, 0.25) is 0 Å². The first-order valence-corrected chi connectivity index (χ1v) is 10.6. The Morgan fingerprint density at radius 2 is 1.95 bits per heavy atom. The summed E-state index contributed by atoms with van der Waals surface area (Å²) in [6, 6.07) is 0.341. The zero-order chi connectivity index (χ0) is 15.8. The van der Waals surface area contributed by atoms with Gasteiger partial charge in [-0.3, -0.25) is 0 Å². The van der Waals surface area contributed by atoms with Gasteiger partial charge in [0.15, 0.2) is 19.3 Å². The average molecular weight is 329 g/mol. The molecule has 0 saturated heterocycles. The van der Waals surface area contributed by atoms with Crippen molar-refractivity contribution < 1.29 is 4.43 Å². The molecule has 0 aromatic carbocycles. The third-order valence-corrected chi connectivity index (χ3v) is 9.37. The lowest BCUT2D eigenvalue weighted by atomic mass is 9.89. The molecular weight excluding hydrogens is 304 g/mol. The number of nitrogens with one attached hydrogen (secondary N) is 1. The van der Waals surface area contributed by atoms with Gasteiger partial charge in [-0.1, -0.05) is 32.4 Å². The Labute approximate surface area is 132 Å². The van der Waals surface area contributed by atoms with Gasteiger partial charge in [-0.2, -0.15) is 0 Å². The van der Waals surface area contributed by atoms with Gasteiger partial charge in [0.05, 0.1) is 0 Å². The molecule has 5 nitrogen and oxygen atoms in total. The van der Waals surface area contributed by atoms with E-state index in [2.05, 4.69) is 49.1 Å². The Hall–Kier alpha value is -0.853. The molecule has 21 heavy (non-hydrogen) atoms. The fraction of sp³-hybridized carbons (Fsp3) is 0.714. The molecule has 7 heteroatoms. The summed E-state index contributed by atoms with van der Waals surface area (Å²) in [5, 5.41) is 3.86. The van der Waals surface area contributed by atoms with Crippen molar-refractivity contribution in [2.75, 3.05) is 11.1 Å². The Morgan fingerprint density at radius 3 is 2.52 bits per heavy atom. The van der Waals surface area contributed by atoms with E-state index in [0.29, 0.717) is 28.8 Å². The summed E-state index contributed by atoms with van der Waals surface area (Å²) in [6.45, 7) is 11.4. The molecule has 1 aromatic rings. The van der Waals surface area contributed by atoms with E-state index >= 15 is 0 Å². The highest BCUT2D eigenvalue weighted by molar-refractivity contribution is 6.74. The van der Waals surface area contributed by atoms with E-state index in [-0.39, 0.29) is 5.04 Å². The molecule has 0 amide bonds. The minimum atomic E-state index is -1.68. The quantitative estimate of drug-likeness (QED) is 0.651. The maximum Gasteiger partial charge on any atom is 0.192 e. The molecule has 118 valence electrons. The van der Waals surface area contributed by atoms with Gasteiger partial charge in [-0.05, 0) is 31.0 Å². The van der Waals surface area contributed by atoms with Crippen LogP contribution in [0.15, 0.2) is 6.33 Å². The first-order valence-electron chi connectivity index (χ1n) is 7.30. The standard InChI is InChI=1S/C14H25ClN4OSi/c1-14(2,3)21(4,5)20-10-6-9(7-10)19-13-11(16)12(15)17-8-18-13/h8-10H,6-7,16H2,1-5H3,(H,17,18,19). The minimum Gasteiger partial charge on any atom is -0.414 e. The second-order valence-corrected chi connectivity index (χ2v) is 12.4. The van der Waals surface area contributed by atoms with Crippen LogP contribution in [0.2, 0.25) is 23.3 Å². The van der Waals surface area contributed by atoms with Crippen LogP contribution in [0.1, 0.15) is 33.6 Å². The van der Waals surface area contributed by atoms with E-state index in [1.165, 1.54) is 6.33 Å². The normalized spacial score (nSPS) is 22.8. The summed E-state index contributed by atoms with van der Waals surface area (Å²) in [5.74, 6) is 0.616. The first kappa shape index (κ1) is 16.5. The van der Waals surface area contributed by atoms with Gasteiger partial charge in [-0.25, -0.2) is 9.97 Å². The molecule has 0 aliphatic heterocycles. The zero-order valence-corrected chi connectivity index (χ0v) is 15.2. The molecule has 0 radical (unpaired) electrons. The fourth-order valence-corrected chi connectivity index (χ4v) is 3.57. The second kappa shape index (κ2) is 5.74. The molecule has 1 aromatic heterocycles. The molecule has 0 unspecified atom stereocenters. The van der Waals surface area contributed by atoms with Crippen LogP contribution >= 0.6 is 11.6 Å². The molecule has 0 spiro atoms. The lowest BCUT2D eigenvalue weighted by Gasteiger charge is -2.45. The largest absolute Gasteiger partial charge is 0.414 e. The fourth-order valence-electron chi connectivity index (χ4n) is 2.06. The number of anilines is 2. The third kappa shape index (κ3) is 3.67. The van der Waals surface area contributed by atoms with Gasteiger partial charge < -0.3 is 15.5 Å². The van der Waals surface area contributed by atoms with Crippen molar-refractivity contribution in [2.45, 2.75) is 63.9 Å². The molecule has 1 heterocycles. The number of nitrogens with zero attached hydrogens (tertiary/aromatic N) is 2. The highest BCUT2D eigenvalue weighted by Gasteiger charge is 2.42. The lowest BCUT2D eigenvalue weighted by Crippen LogP contribution is -2.50. The Morgan fingerprint density at radius 1 is 1.33 bits per heavy atom. The van der Waals surface area contributed by atoms with Gasteiger partial charge in [0, 0.05) is 12.1 Å². The lowest BCUT2D eigenvalue weighted by molar-refractivity contribution is 0.0928. The van der Waals surface area contributed by atoms with Crippen molar-refractivity contribution in [1.29, 1.82) is 0 Å². The molecular formula is C14H25ClN4OSi. The van der Waals surface area contributed by atoms with Crippen LogP contribution in [0.5, 0.6) is 0 Å². The van der Waals surface area contributed by atoms with Crippen LogP contribution < -0.4 is 11.1 Å². The predicted molar refractivity (Wildman–Crippen MR) is 90.2 cm³/mol. The Kier molecular flexibility index (Phi) is 4.51. The topological polar surface area (TPSA) is 73.1 Å². The Bertz CT molecular complexity index is 512. The van der Waals surface area contributed by atoms with Crippen LogP contribution in [0.3, 0.4) is 0 Å². The molecule has 2 rings (SSSR count). The van der Waals surface area contributed by atoms with E-state index in [4.69, 9.17) is 21.8 Å². The van der Waals surface area contributed by atoms with Crippen molar-refractivity contribution in [3.63, 3.8) is 0 Å². The second-order valence-electron chi connectivity index (χ2n) is 7.24. The van der Waals surface area contributed by atoms with Crippen LogP contribution in [-0.2, 0) is 4.43 Å².